The summed E-state index contributed by atoms with van der Waals surface area (Å²) >= 11 is 0. The molecule has 2 saturated heterocycles. The van der Waals surface area contributed by atoms with Gasteiger partial charge in [-0.2, -0.15) is 0 Å². The Bertz CT molecular complexity index is 721. The molecule has 4 rings (SSSR count). The first-order chi connectivity index (χ1) is 12.8. The van der Waals surface area contributed by atoms with E-state index >= 15 is 0 Å². The highest BCUT2D eigenvalue weighted by Gasteiger charge is 2.26. The van der Waals surface area contributed by atoms with Crippen LogP contribution in [0.2, 0.25) is 0 Å². The lowest BCUT2D eigenvalue weighted by Crippen LogP contribution is -2.31. The number of aromatic nitrogens is 2. The van der Waals surface area contributed by atoms with Gasteiger partial charge >= 0.3 is 0 Å². The molecular weight excluding hydrogens is 330 g/mol. The lowest BCUT2D eigenvalue weighted by Gasteiger charge is -2.26. The summed E-state index contributed by atoms with van der Waals surface area (Å²) in [6.45, 7) is 4.45. The Balaban J connectivity index is 1.44. The largest absolute Gasteiger partial charge is 0.468 e. The third-order valence-corrected chi connectivity index (χ3v) is 5.18. The summed E-state index contributed by atoms with van der Waals surface area (Å²) < 4.78 is 5.65. The summed E-state index contributed by atoms with van der Waals surface area (Å²) in [6, 6.07) is 4.10. The fraction of sp³-hybridized carbons (Fsp3) is 0.526. The quantitative estimate of drug-likeness (QED) is 0.858. The highest BCUT2D eigenvalue weighted by atomic mass is 16.3. The van der Waals surface area contributed by atoms with Gasteiger partial charge in [0.1, 0.15) is 17.3 Å². The van der Waals surface area contributed by atoms with Crippen molar-refractivity contribution in [1.29, 1.82) is 0 Å². The van der Waals surface area contributed by atoms with Crippen molar-refractivity contribution in [3.8, 4) is 0 Å². The zero-order valence-electron chi connectivity index (χ0n) is 14.9. The van der Waals surface area contributed by atoms with E-state index in [0.29, 0.717) is 18.1 Å². The minimum absolute atomic E-state index is 0.0271. The molecule has 26 heavy (non-hydrogen) atoms. The maximum absolute atomic E-state index is 12.5. The van der Waals surface area contributed by atoms with Crippen molar-refractivity contribution in [2.75, 3.05) is 38.0 Å². The van der Waals surface area contributed by atoms with Crippen LogP contribution in [0.25, 0.3) is 0 Å². The molecule has 1 N–H and O–H groups in total. The van der Waals surface area contributed by atoms with Crippen LogP contribution >= 0.6 is 0 Å². The molecule has 2 aliphatic rings. The van der Waals surface area contributed by atoms with Crippen molar-refractivity contribution in [1.82, 2.24) is 19.8 Å². The fourth-order valence-corrected chi connectivity index (χ4v) is 3.78. The number of carbonyl (C=O) groups excluding carboxylic acids is 1. The lowest BCUT2D eigenvalue weighted by atomic mass is 10.2. The van der Waals surface area contributed by atoms with Crippen molar-refractivity contribution < 1.29 is 9.21 Å². The summed E-state index contributed by atoms with van der Waals surface area (Å²) in [4.78, 5) is 25.5. The van der Waals surface area contributed by atoms with Crippen LogP contribution in [0.15, 0.2) is 35.2 Å². The highest BCUT2D eigenvalue weighted by molar-refractivity contribution is 5.92. The summed E-state index contributed by atoms with van der Waals surface area (Å²) in [5.74, 6) is 1.56. The van der Waals surface area contributed by atoms with E-state index in [2.05, 4.69) is 20.2 Å². The van der Waals surface area contributed by atoms with E-state index in [9.17, 15) is 4.79 Å². The number of rotatable bonds is 6. The zero-order chi connectivity index (χ0) is 17.8. The molecule has 2 aliphatic heterocycles. The number of carbonyl (C=O) groups is 1. The zero-order valence-corrected chi connectivity index (χ0v) is 14.9. The van der Waals surface area contributed by atoms with Crippen molar-refractivity contribution in [3.63, 3.8) is 0 Å². The Morgan fingerprint density at radius 3 is 2.65 bits per heavy atom. The van der Waals surface area contributed by atoms with Gasteiger partial charge in [-0.05, 0) is 50.9 Å². The first-order valence-electron chi connectivity index (χ1n) is 9.44. The first-order valence-corrected chi connectivity index (χ1v) is 9.44. The van der Waals surface area contributed by atoms with Crippen LogP contribution in [0.5, 0.6) is 0 Å². The molecule has 1 unspecified atom stereocenters. The minimum Gasteiger partial charge on any atom is -0.468 e. The maximum Gasteiger partial charge on any atom is 0.274 e. The first kappa shape index (κ1) is 17.0. The Labute approximate surface area is 153 Å². The Morgan fingerprint density at radius 2 is 1.92 bits per heavy atom. The Hall–Kier alpha value is -2.41. The van der Waals surface area contributed by atoms with E-state index in [1.807, 2.05) is 17.0 Å². The molecule has 138 valence electrons. The molecule has 0 bridgehead atoms. The van der Waals surface area contributed by atoms with Crippen molar-refractivity contribution >= 4 is 11.7 Å². The van der Waals surface area contributed by atoms with Crippen LogP contribution < -0.4 is 5.32 Å². The Morgan fingerprint density at radius 1 is 1.15 bits per heavy atom. The number of amides is 1. The molecule has 4 heterocycles. The lowest BCUT2D eigenvalue weighted by molar-refractivity contribution is 0.0786. The number of likely N-dealkylation sites (tertiary alicyclic amines) is 2. The van der Waals surface area contributed by atoms with Gasteiger partial charge in [0.2, 0.25) is 0 Å². The molecule has 2 fully saturated rings. The molecule has 0 aromatic carbocycles. The van der Waals surface area contributed by atoms with Crippen LogP contribution in [0.4, 0.5) is 5.82 Å². The monoisotopic (exact) mass is 355 g/mol. The van der Waals surface area contributed by atoms with Gasteiger partial charge in [-0.25, -0.2) is 4.98 Å². The molecule has 0 radical (unpaired) electrons. The predicted molar refractivity (Wildman–Crippen MR) is 97.9 cm³/mol. The molecule has 2 aromatic rings. The van der Waals surface area contributed by atoms with E-state index in [1.54, 1.807) is 18.7 Å². The molecule has 1 amide bonds. The van der Waals surface area contributed by atoms with Gasteiger partial charge in [-0.3, -0.25) is 14.7 Å². The number of furan rings is 1. The summed E-state index contributed by atoms with van der Waals surface area (Å²) in [7, 11) is 0. The predicted octanol–water partition coefficient (Wildman–Crippen LogP) is 2.55. The summed E-state index contributed by atoms with van der Waals surface area (Å²) in [5.41, 5.74) is 0.410. The average Bonchev–Trinajstić information content (AvgIpc) is 3.44. The van der Waals surface area contributed by atoms with Gasteiger partial charge in [0, 0.05) is 19.6 Å². The number of anilines is 1. The van der Waals surface area contributed by atoms with Crippen molar-refractivity contribution in [2.45, 2.75) is 31.7 Å². The van der Waals surface area contributed by atoms with E-state index in [4.69, 9.17) is 4.42 Å². The fourth-order valence-electron chi connectivity index (χ4n) is 3.78. The van der Waals surface area contributed by atoms with Gasteiger partial charge in [0.25, 0.3) is 5.91 Å². The van der Waals surface area contributed by atoms with E-state index in [0.717, 1.165) is 44.8 Å². The van der Waals surface area contributed by atoms with Crippen LogP contribution in [0, 0.1) is 0 Å². The van der Waals surface area contributed by atoms with E-state index in [-0.39, 0.29) is 11.9 Å². The van der Waals surface area contributed by atoms with Crippen LogP contribution in [-0.2, 0) is 0 Å². The van der Waals surface area contributed by atoms with E-state index in [1.165, 1.54) is 12.8 Å². The molecule has 1 atom stereocenters. The normalized spacial score (nSPS) is 19.0. The van der Waals surface area contributed by atoms with Crippen LogP contribution in [0.3, 0.4) is 0 Å². The van der Waals surface area contributed by atoms with Crippen LogP contribution in [-0.4, -0.2) is 58.4 Å². The van der Waals surface area contributed by atoms with Crippen molar-refractivity contribution in [3.05, 3.63) is 42.2 Å². The molecule has 7 nitrogen and oxygen atoms in total. The van der Waals surface area contributed by atoms with Gasteiger partial charge < -0.3 is 14.6 Å². The second-order valence-corrected chi connectivity index (χ2v) is 6.94. The third kappa shape index (κ3) is 3.72. The number of nitrogens with zero attached hydrogens (tertiary/aromatic N) is 4. The topological polar surface area (TPSA) is 74.5 Å². The molecule has 0 saturated carbocycles. The standard InChI is InChI=1S/C19H25N5O2/c25-19(24-9-3-4-10-24)15-12-20-14-18(22-15)21-13-16(17-6-5-11-26-17)23-7-1-2-8-23/h5-6,11-12,14,16H,1-4,7-10,13H2,(H,21,22). The second kappa shape index (κ2) is 7.86. The highest BCUT2D eigenvalue weighted by Crippen LogP contribution is 2.25. The van der Waals surface area contributed by atoms with Gasteiger partial charge in [-0.15, -0.1) is 0 Å². The average molecular weight is 355 g/mol. The van der Waals surface area contributed by atoms with Gasteiger partial charge in [0.15, 0.2) is 0 Å². The SMILES string of the molecule is O=C(c1cncc(NCC(c2ccco2)N2CCCC2)n1)N1CCCC1. The van der Waals surface area contributed by atoms with Crippen LogP contribution in [0.1, 0.15) is 48.0 Å². The molecule has 7 heteroatoms. The maximum atomic E-state index is 12.5. The summed E-state index contributed by atoms with van der Waals surface area (Å²) in [5, 5.41) is 3.35. The molecular formula is C19H25N5O2. The minimum atomic E-state index is -0.0271. The Kier molecular flexibility index (Phi) is 5.15. The molecule has 2 aromatic heterocycles. The van der Waals surface area contributed by atoms with Crippen molar-refractivity contribution in [2.24, 2.45) is 0 Å². The second-order valence-electron chi connectivity index (χ2n) is 6.94. The number of hydrogen-bond donors (Lipinski definition) is 1. The number of hydrogen-bond acceptors (Lipinski definition) is 6. The molecule has 0 spiro atoms. The molecule has 0 aliphatic carbocycles. The number of nitrogens with one attached hydrogen (secondary N) is 1. The van der Waals surface area contributed by atoms with Gasteiger partial charge in [0.05, 0.1) is 24.7 Å². The third-order valence-electron chi connectivity index (χ3n) is 5.18. The smallest absolute Gasteiger partial charge is 0.274 e. The van der Waals surface area contributed by atoms with E-state index < -0.39 is 0 Å². The summed E-state index contributed by atoms with van der Waals surface area (Å²) in [6.07, 6.45) is 9.51. The van der Waals surface area contributed by atoms with Gasteiger partial charge in [-0.1, -0.05) is 0 Å².